The smallest absolute Gasteiger partial charge is 0.234 e. The molecular weight excluding hydrogens is 574 g/mol. The molecule has 4 atom stereocenters. The van der Waals surface area contributed by atoms with Crippen molar-refractivity contribution in [3.05, 3.63) is 70.9 Å². The van der Waals surface area contributed by atoms with Gasteiger partial charge in [0.15, 0.2) is 6.23 Å². The summed E-state index contributed by atoms with van der Waals surface area (Å²) in [5, 5.41) is 23.0. The molecule has 1 unspecified atom stereocenters. The van der Waals surface area contributed by atoms with Crippen LogP contribution in [0.15, 0.2) is 42.7 Å². The standard InChI is InChI=1S/C35H42F2N6O2/c1-21-17-42(18-22(2)43(21)35(44)24(4)36)33-27-13-15-41(31-10-6-8-25-11-12-29(37)23(3)32(25)31)19-30(27)39-34(28(33)16-38)45-20-26-9-7-14-40(26)5/h6,8,10-12,21-22,26,35,44H,4,7,9,13-15,17-20H2,1-3,5H3/t21-,22+,26-,35?/m0/s1. The van der Waals surface area contributed by atoms with E-state index < -0.39 is 12.1 Å². The van der Waals surface area contributed by atoms with Gasteiger partial charge in [-0.05, 0) is 76.7 Å². The second-order valence-electron chi connectivity index (χ2n) is 12.9. The van der Waals surface area contributed by atoms with E-state index in [1.165, 1.54) is 6.07 Å². The van der Waals surface area contributed by atoms with Crippen LogP contribution in [0.3, 0.4) is 0 Å². The SMILES string of the molecule is C=C(F)C(O)N1[C@H](C)CN(c2c(C#N)c(OC[C@@H]3CCCN3C)nc3c2CCN(c2cccc4ccc(F)c(C)c24)C3)C[C@@H]1C. The van der Waals surface area contributed by atoms with Crippen LogP contribution in [0.1, 0.15) is 49.1 Å². The molecule has 1 aromatic heterocycles. The number of pyridine rings is 1. The van der Waals surface area contributed by atoms with Gasteiger partial charge in [0, 0.05) is 54.4 Å². The van der Waals surface area contributed by atoms with Crippen molar-refractivity contribution in [1.82, 2.24) is 14.8 Å². The summed E-state index contributed by atoms with van der Waals surface area (Å²) < 4.78 is 35.1. The van der Waals surface area contributed by atoms with Crippen molar-refractivity contribution >= 4 is 22.1 Å². The second kappa shape index (κ2) is 12.5. The minimum atomic E-state index is -1.39. The average molecular weight is 617 g/mol. The van der Waals surface area contributed by atoms with Crippen molar-refractivity contribution in [1.29, 1.82) is 5.26 Å². The Balaban J connectivity index is 1.41. The van der Waals surface area contributed by atoms with Gasteiger partial charge in [0.25, 0.3) is 0 Å². The number of fused-ring (bicyclic) bond motifs is 2. The number of nitriles is 1. The highest BCUT2D eigenvalue weighted by molar-refractivity contribution is 5.97. The first kappa shape index (κ1) is 31.2. The first-order chi connectivity index (χ1) is 21.6. The first-order valence-corrected chi connectivity index (χ1v) is 15.8. The van der Waals surface area contributed by atoms with E-state index in [0.29, 0.717) is 56.2 Å². The van der Waals surface area contributed by atoms with E-state index in [9.17, 15) is 19.1 Å². The lowest BCUT2D eigenvalue weighted by Gasteiger charge is -2.47. The van der Waals surface area contributed by atoms with Crippen LogP contribution in [-0.2, 0) is 13.0 Å². The molecule has 6 rings (SSSR count). The zero-order chi connectivity index (χ0) is 32.0. The van der Waals surface area contributed by atoms with Crippen LogP contribution < -0.4 is 14.5 Å². The molecule has 1 N–H and O–H groups in total. The van der Waals surface area contributed by atoms with Crippen molar-refractivity contribution in [3.63, 3.8) is 0 Å². The zero-order valence-corrected chi connectivity index (χ0v) is 26.6. The summed E-state index contributed by atoms with van der Waals surface area (Å²) in [6, 6.07) is 11.6. The monoisotopic (exact) mass is 616 g/mol. The van der Waals surface area contributed by atoms with Crippen LogP contribution in [0.25, 0.3) is 10.8 Å². The number of piperazine rings is 1. The molecule has 0 radical (unpaired) electrons. The molecule has 4 heterocycles. The van der Waals surface area contributed by atoms with Gasteiger partial charge in [0.2, 0.25) is 5.88 Å². The lowest BCUT2D eigenvalue weighted by atomic mass is 9.95. The number of aryl methyl sites for hydroxylation is 1. The van der Waals surface area contributed by atoms with Crippen LogP contribution >= 0.6 is 0 Å². The van der Waals surface area contributed by atoms with E-state index in [1.807, 2.05) is 45.0 Å². The quantitative estimate of drug-likeness (QED) is 0.384. The van der Waals surface area contributed by atoms with Gasteiger partial charge in [-0.25, -0.2) is 13.8 Å². The third-order valence-electron chi connectivity index (χ3n) is 9.91. The number of aliphatic hydroxyl groups excluding tert-OH is 1. The Morgan fingerprint density at radius 2 is 1.93 bits per heavy atom. The Morgan fingerprint density at radius 1 is 1.18 bits per heavy atom. The summed E-state index contributed by atoms with van der Waals surface area (Å²) >= 11 is 0. The number of benzene rings is 2. The normalized spacial score (nSPS) is 23.2. The van der Waals surface area contributed by atoms with Gasteiger partial charge in [0.05, 0.1) is 17.9 Å². The number of anilines is 2. The minimum Gasteiger partial charge on any atom is -0.475 e. The van der Waals surface area contributed by atoms with E-state index in [4.69, 9.17) is 9.72 Å². The molecule has 10 heteroatoms. The molecule has 0 amide bonds. The van der Waals surface area contributed by atoms with Crippen molar-refractivity contribution in [2.75, 3.05) is 49.6 Å². The molecule has 3 aliphatic rings. The number of likely N-dealkylation sites (tertiary alicyclic amines) is 1. The molecule has 0 saturated carbocycles. The maximum Gasteiger partial charge on any atom is 0.234 e. The first-order valence-electron chi connectivity index (χ1n) is 15.8. The third-order valence-corrected chi connectivity index (χ3v) is 9.91. The zero-order valence-electron chi connectivity index (χ0n) is 26.6. The average Bonchev–Trinajstić information content (AvgIpc) is 3.44. The van der Waals surface area contributed by atoms with Crippen LogP contribution in [0.5, 0.6) is 5.88 Å². The number of aromatic nitrogens is 1. The van der Waals surface area contributed by atoms with E-state index >= 15 is 0 Å². The summed E-state index contributed by atoms with van der Waals surface area (Å²) in [5.41, 5.74) is 4.62. The van der Waals surface area contributed by atoms with Crippen LogP contribution in [0.4, 0.5) is 20.2 Å². The number of hydrogen-bond donors (Lipinski definition) is 1. The molecule has 238 valence electrons. The van der Waals surface area contributed by atoms with Gasteiger partial charge in [-0.3, -0.25) is 4.90 Å². The molecule has 0 spiro atoms. The lowest BCUT2D eigenvalue weighted by molar-refractivity contribution is -0.0397. The molecule has 8 nitrogen and oxygen atoms in total. The number of aliphatic hydroxyl groups is 1. The summed E-state index contributed by atoms with van der Waals surface area (Å²) in [5.74, 6) is -0.686. The molecule has 0 aliphatic carbocycles. The van der Waals surface area contributed by atoms with E-state index in [0.717, 1.165) is 52.8 Å². The number of ether oxygens (including phenoxy) is 1. The van der Waals surface area contributed by atoms with Gasteiger partial charge < -0.3 is 24.5 Å². The summed E-state index contributed by atoms with van der Waals surface area (Å²) in [4.78, 5) is 13.4. The van der Waals surface area contributed by atoms with Gasteiger partial charge in [-0.1, -0.05) is 24.8 Å². The van der Waals surface area contributed by atoms with Crippen LogP contribution in [-0.4, -0.2) is 84.1 Å². The second-order valence-corrected chi connectivity index (χ2v) is 12.9. The Bertz CT molecular complexity index is 1650. The predicted molar refractivity (Wildman–Crippen MR) is 173 cm³/mol. The third kappa shape index (κ3) is 5.73. The van der Waals surface area contributed by atoms with Gasteiger partial charge in [0.1, 0.15) is 29.9 Å². The fourth-order valence-corrected chi connectivity index (χ4v) is 7.60. The Kier molecular flexibility index (Phi) is 8.70. The maximum atomic E-state index is 14.7. The van der Waals surface area contributed by atoms with Gasteiger partial charge in [-0.2, -0.15) is 5.26 Å². The van der Waals surface area contributed by atoms with Crippen molar-refractivity contribution < 1.29 is 18.6 Å². The topological polar surface area (TPSA) is 79.1 Å². The largest absolute Gasteiger partial charge is 0.475 e. The van der Waals surface area contributed by atoms with Crippen LogP contribution in [0, 0.1) is 24.1 Å². The fraction of sp³-hybridized carbons (Fsp3) is 0.486. The Labute approximate surface area is 264 Å². The number of rotatable bonds is 7. The van der Waals surface area contributed by atoms with E-state index in [1.54, 1.807) is 4.90 Å². The van der Waals surface area contributed by atoms with E-state index in [-0.39, 0.29) is 23.9 Å². The van der Waals surface area contributed by atoms with Gasteiger partial charge >= 0.3 is 0 Å². The molecular formula is C35H42F2N6O2. The van der Waals surface area contributed by atoms with Crippen LogP contribution in [0.2, 0.25) is 0 Å². The summed E-state index contributed by atoms with van der Waals surface area (Å²) in [7, 11) is 2.09. The van der Waals surface area contributed by atoms with Crippen molar-refractivity contribution in [2.45, 2.75) is 70.9 Å². The lowest BCUT2D eigenvalue weighted by Crippen LogP contribution is -2.60. The fourth-order valence-electron chi connectivity index (χ4n) is 7.60. The Morgan fingerprint density at radius 3 is 2.60 bits per heavy atom. The number of nitrogens with zero attached hydrogens (tertiary/aromatic N) is 6. The number of halogens is 2. The van der Waals surface area contributed by atoms with Gasteiger partial charge in [-0.15, -0.1) is 0 Å². The maximum absolute atomic E-state index is 14.7. The molecule has 2 fully saturated rings. The molecule has 2 saturated heterocycles. The molecule has 3 aliphatic heterocycles. The van der Waals surface area contributed by atoms with E-state index in [2.05, 4.69) is 34.4 Å². The highest BCUT2D eigenvalue weighted by Crippen LogP contribution is 2.41. The molecule has 3 aromatic rings. The predicted octanol–water partition coefficient (Wildman–Crippen LogP) is 5.29. The highest BCUT2D eigenvalue weighted by atomic mass is 19.1. The van der Waals surface area contributed by atoms with Crippen molar-refractivity contribution in [3.8, 4) is 11.9 Å². The number of hydrogen-bond acceptors (Lipinski definition) is 8. The Hall–Kier alpha value is -3.78. The molecule has 45 heavy (non-hydrogen) atoms. The molecule has 0 bridgehead atoms. The highest BCUT2D eigenvalue weighted by Gasteiger charge is 2.38. The van der Waals surface area contributed by atoms with Crippen molar-refractivity contribution in [2.24, 2.45) is 0 Å². The minimum absolute atomic E-state index is 0.211. The summed E-state index contributed by atoms with van der Waals surface area (Å²) in [6.45, 7) is 12.6. The number of likely N-dealkylation sites (N-methyl/N-ethyl adjacent to an activating group) is 1. The molecule has 2 aromatic carbocycles. The summed E-state index contributed by atoms with van der Waals surface area (Å²) in [6.07, 6.45) is 1.38.